The minimum Gasteiger partial charge on any atom is -0.359 e. The molecule has 158 valence electrons. The monoisotopic (exact) mass is 473 g/mol. The van der Waals surface area contributed by atoms with Gasteiger partial charge in [-0.25, -0.2) is 8.42 Å². The molecule has 3 N–H and O–H groups in total. The minimum atomic E-state index is -3.45. The van der Waals surface area contributed by atoms with E-state index in [1.807, 2.05) is 0 Å². The Kier molecular flexibility index (Phi) is 7.79. The van der Waals surface area contributed by atoms with Crippen molar-refractivity contribution in [1.29, 1.82) is 0 Å². The molecule has 2 aromatic carbocycles. The van der Waals surface area contributed by atoms with E-state index in [4.69, 9.17) is 35.4 Å². The molecule has 0 heterocycles. The van der Waals surface area contributed by atoms with E-state index in [2.05, 4.69) is 60.4 Å². The average molecular weight is 474 g/mol. The van der Waals surface area contributed by atoms with Crippen LogP contribution in [0.1, 0.15) is 37.5 Å². The number of sulfonamides is 1. The molecule has 0 aliphatic carbocycles. The molecular formula is C20H25Cl2N3O2S2. The summed E-state index contributed by atoms with van der Waals surface area (Å²) in [4.78, 5) is 0. The lowest BCUT2D eigenvalue weighted by Crippen LogP contribution is -2.34. The summed E-state index contributed by atoms with van der Waals surface area (Å²) in [5.41, 5.74) is 3.32. The highest BCUT2D eigenvalue weighted by atomic mass is 35.5. The molecular weight excluding hydrogens is 449 g/mol. The fourth-order valence-electron chi connectivity index (χ4n) is 2.57. The first-order valence-corrected chi connectivity index (χ1v) is 12.0. The molecule has 0 radical (unpaired) electrons. The van der Waals surface area contributed by atoms with Gasteiger partial charge in [-0.15, -0.1) is 0 Å². The third-order valence-corrected chi connectivity index (χ3v) is 5.85. The van der Waals surface area contributed by atoms with Crippen molar-refractivity contribution >= 4 is 56.2 Å². The van der Waals surface area contributed by atoms with Gasteiger partial charge in [0.15, 0.2) is 5.11 Å². The molecule has 0 unspecified atom stereocenters. The molecule has 0 saturated heterocycles. The summed E-state index contributed by atoms with van der Waals surface area (Å²) >= 11 is 17.9. The van der Waals surface area contributed by atoms with Gasteiger partial charge in [0.1, 0.15) is 0 Å². The van der Waals surface area contributed by atoms with Crippen LogP contribution in [0.15, 0.2) is 36.4 Å². The highest BCUT2D eigenvalue weighted by Gasteiger charge is 2.14. The van der Waals surface area contributed by atoms with E-state index < -0.39 is 10.0 Å². The molecule has 0 saturated carbocycles. The quantitative estimate of drug-likeness (QED) is 0.524. The van der Waals surface area contributed by atoms with Crippen LogP contribution in [0.3, 0.4) is 0 Å². The standard InChI is InChI=1S/C20H25Cl2N3O2S2/c1-20(2,3)14-7-5-13(6-8-14)11-23-19(28)24-12-15-16(21)9-10-17(18(15)22)25-29(4,26)27/h5-10,25H,11-12H2,1-4H3,(H2,23,24,28). The van der Waals surface area contributed by atoms with Crippen molar-refractivity contribution in [1.82, 2.24) is 10.6 Å². The lowest BCUT2D eigenvalue weighted by atomic mass is 9.87. The van der Waals surface area contributed by atoms with Gasteiger partial charge >= 0.3 is 0 Å². The summed E-state index contributed by atoms with van der Waals surface area (Å²) < 4.78 is 25.3. The number of nitrogens with one attached hydrogen (secondary N) is 3. The number of rotatable bonds is 6. The molecule has 0 bridgehead atoms. The van der Waals surface area contributed by atoms with E-state index in [0.717, 1.165) is 11.8 Å². The van der Waals surface area contributed by atoms with Crippen molar-refractivity contribution in [2.24, 2.45) is 0 Å². The number of hydrogen-bond acceptors (Lipinski definition) is 3. The number of hydrogen-bond donors (Lipinski definition) is 3. The second-order valence-corrected chi connectivity index (χ2v) is 10.7. The van der Waals surface area contributed by atoms with Gasteiger partial charge in [-0.1, -0.05) is 68.2 Å². The van der Waals surface area contributed by atoms with Crippen molar-refractivity contribution in [3.05, 3.63) is 63.1 Å². The van der Waals surface area contributed by atoms with Crippen LogP contribution in [-0.4, -0.2) is 19.8 Å². The van der Waals surface area contributed by atoms with Gasteiger partial charge in [0.05, 0.1) is 17.0 Å². The van der Waals surface area contributed by atoms with Gasteiger partial charge in [-0.2, -0.15) is 0 Å². The van der Waals surface area contributed by atoms with Gasteiger partial charge in [-0.05, 0) is 40.9 Å². The lowest BCUT2D eigenvalue weighted by Gasteiger charge is -2.19. The highest BCUT2D eigenvalue weighted by molar-refractivity contribution is 7.92. The Morgan fingerprint density at radius 1 is 1.00 bits per heavy atom. The fraction of sp³-hybridized carbons (Fsp3) is 0.350. The molecule has 0 atom stereocenters. The number of halogens is 2. The van der Waals surface area contributed by atoms with E-state index in [-0.39, 0.29) is 22.7 Å². The Morgan fingerprint density at radius 3 is 2.14 bits per heavy atom. The Morgan fingerprint density at radius 2 is 1.59 bits per heavy atom. The average Bonchev–Trinajstić information content (AvgIpc) is 2.61. The molecule has 5 nitrogen and oxygen atoms in total. The Labute approximate surface area is 188 Å². The maximum absolute atomic E-state index is 11.5. The van der Waals surface area contributed by atoms with Gasteiger partial charge in [0.2, 0.25) is 10.0 Å². The Bertz CT molecular complexity index is 986. The molecule has 2 rings (SSSR count). The predicted molar refractivity (Wildman–Crippen MR) is 126 cm³/mol. The number of benzene rings is 2. The first-order valence-electron chi connectivity index (χ1n) is 8.92. The van der Waals surface area contributed by atoms with Crippen LogP contribution >= 0.6 is 35.4 Å². The SMILES string of the molecule is CC(C)(C)c1ccc(CNC(=S)NCc2c(Cl)ccc(NS(C)(=O)=O)c2Cl)cc1. The Balaban J connectivity index is 1.96. The molecule has 29 heavy (non-hydrogen) atoms. The highest BCUT2D eigenvalue weighted by Crippen LogP contribution is 2.32. The molecule has 9 heteroatoms. The Hall–Kier alpha value is -1.54. The van der Waals surface area contributed by atoms with Gasteiger partial charge in [0.25, 0.3) is 0 Å². The van der Waals surface area contributed by atoms with Crippen LogP contribution < -0.4 is 15.4 Å². The maximum atomic E-state index is 11.5. The summed E-state index contributed by atoms with van der Waals surface area (Å²) in [5, 5.41) is 7.29. The van der Waals surface area contributed by atoms with E-state index in [0.29, 0.717) is 22.2 Å². The van der Waals surface area contributed by atoms with Gasteiger partial charge in [0, 0.05) is 23.7 Å². The largest absolute Gasteiger partial charge is 0.359 e. The van der Waals surface area contributed by atoms with Crippen molar-refractivity contribution in [2.75, 3.05) is 11.0 Å². The number of anilines is 1. The van der Waals surface area contributed by atoms with Crippen molar-refractivity contribution < 1.29 is 8.42 Å². The van der Waals surface area contributed by atoms with Gasteiger partial charge < -0.3 is 10.6 Å². The summed E-state index contributed by atoms with van der Waals surface area (Å²) in [7, 11) is -3.45. The summed E-state index contributed by atoms with van der Waals surface area (Å²) in [6.07, 6.45) is 1.06. The zero-order valence-electron chi connectivity index (χ0n) is 16.8. The van der Waals surface area contributed by atoms with Crippen LogP contribution in [0.2, 0.25) is 10.0 Å². The zero-order chi connectivity index (χ0) is 21.8. The molecule has 2 aromatic rings. The van der Waals surface area contributed by atoms with Crippen molar-refractivity contribution in [3.8, 4) is 0 Å². The second-order valence-electron chi connectivity index (χ2n) is 7.74. The second kappa shape index (κ2) is 9.51. The summed E-state index contributed by atoms with van der Waals surface area (Å²) in [5.74, 6) is 0. The van der Waals surface area contributed by atoms with Crippen molar-refractivity contribution in [3.63, 3.8) is 0 Å². The topological polar surface area (TPSA) is 70.2 Å². The summed E-state index contributed by atoms with van der Waals surface area (Å²) in [6, 6.07) is 11.5. The van der Waals surface area contributed by atoms with Crippen LogP contribution in [0, 0.1) is 0 Å². The van der Waals surface area contributed by atoms with Crippen LogP contribution in [-0.2, 0) is 28.5 Å². The molecule has 0 aliphatic rings. The lowest BCUT2D eigenvalue weighted by molar-refractivity contribution is 0.590. The van der Waals surface area contributed by atoms with Crippen LogP contribution in [0.4, 0.5) is 5.69 Å². The third kappa shape index (κ3) is 7.33. The van der Waals surface area contributed by atoms with Crippen LogP contribution in [0.5, 0.6) is 0 Å². The van der Waals surface area contributed by atoms with Crippen molar-refractivity contribution in [2.45, 2.75) is 39.3 Å². The summed E-state index contributed by atoms with van der Waals surface area (Å²) in [6.45, 7) is 7.36. The van der Waals surface area contributed by atoms with E-state index in [1.165, 1.54) is 11.6 Å². The third-order valence-electron chi connectivity index (χ3n) is 4.18. The molecule has 0 amide bonds. The zero-order valence-corrected chi connectivity index (χ0v) is 19.9. The first-order chi connectivity index (χ1) is 13.4. The first kappa shape index (κ1) is 23.7. The molecule has 0 fully saturated rings. The fourth-order valence-corrected chi connectivity index (χ4v) is 3.90. The smallest absolute Gasteiger partial charge is 0.229 e. The van der Waals surface area contributed by atoms with E-state index >= 15 is 0 Å². The van der Waals surface area contributed by atoms with E-state index in [9.17, 15) is 8.42 Å². The normalized spacial score (nSPS) is 11.8. The predicted octanol–water partition coefficient (Wildman–Crippen LogP) is 4.83. The molecule has 0 spiro atoms. The maximum Gasteiger partial charge on any atom is 0.229 e. The minimum absolute atomic E-state index is 0.113. The van der Waals surface area contributed by atoms with Crippen LogP contribution in [0.25, 0.3) is 0 Å². The van der Waals surface area contributed by atoms with Gasteiger partial charge in [-0.3, -0.25) is 4.72 Å². The molecule has 0 aliphatic heterocycles. The molecule has 0 aromatic heterocycles. The number of thiocarbonyl (C=S) groups is 1. The van der Waals surface area contributed by atoms with E-state index in [1.54, 1.807) is 6.07 Å².